The molecule has 1 heterocycles. The molecule has 1 saturated heterocycles. The third kappa shape index (κ3) is 3.84. The van der Waals surface area contributed by atoms with E-state index in [1.165, 1.54) is 12.1 Å². The van der Waals surface area contributed by atoms with E-state index in [9.17, 15) is 8.42 Å². The van der Waals surface area contributed by atoms with Crippen molar-refractivity contribution in [2.75, 3.05) is 18.1 Å². The molecular formula is C13H18ClNO3S. The molecule has 2 rings (SSSR count). The van der Waals surface area contributed by atoms with Crippen LogP contribution < -0.4 is 5.73 Å². The topological polar surface area (TPSA) is 69.4 Å². The normalized spacial score (nSPS) is 19.7. The molecule has 0 saturated carbocycles. The molecule has 19 heavy (non-hydrogen) atoms. The molecule has 1 aliphatic rings. The van der Waals surface area contributed by atoms with Gasteiger partial charge in [0.2, 0.25) is 0 Å². The van der Waals surface area contributed by atoms with Crippen LogP contribution in [0.25, 0.3) is 0 Å². The number of benzene rings is 1. The van der Waals surface area contributed by atoms with E-state index in [-0.39, 0.29) is 22.4 Å². The number of ether oxygens (including phenoxy) is 1. The van der Waals surface area contributed by atoms with Crippen molar-refractivity contribution in [1.82, 2.24) is 0 Å². The van der Waals surface area contributed by atoms with Crippen LogP contribution in [-0.4, -0.2) is 26.9 Å². The Morgan fingerprint density at radius 1 is 1.42 bits per heavy atom. The zero-order chi connectivity index (χ0) is 13.9. The average Bonchev–Trinajstić information content (AvgIpc) is 2.81. The molecule has 1 aliphatic heterocycles. The van der Waals surface area contributed by atoms with Crippen molar-refractivity contribution in [2.24, 2.45) is 0 Å². The van der Waals surface area contributed by atoms with Crippen LogP contribution in [0.4, 0.5) is 5.69 Å². The Labute approximate surface area is 118 Å². The smallest absolute Gasteiger partial charge is 0.180 e. The van der Waals surface area contributed by atoms with Gasteiger partial charge >= 0.3 is 0 Å². The number of rotatable bonds is 5. The van der Waals surface area contributed by atoms with Crippen LogP contribution in [-0.2, 0) is 14.6 Å². The van der Waals surface area contributed by atoms with Crippen LogP contribution in [0.2, 0.25) is 5.02 Å². The fraction of sp³-hybridized carbons (Fsp3) is 0.538. The molecule has 2 N–H and O–H groups in total. The molecule has 1 atom stereocenters. The summed E-state index contributed by atoms with van der Waals surface area (Å²) in [5, 5.41) is 0.441. The van der Waals surface area contributed by atoms with Gasteiger partial charge in [0.05, 0.1) is 22.4 Å². The van der Waals surface area contributed by atoms with Crippen LogP contribution in [0, 0.1) is 0 Å². The monoisotopic (exact) mass is 303 g/mol. The quantitative estimate of drug-likeness (QED) is 0.849. The molecule has 1 aromatic rings. The highest BCUT2D eigenvalue weighted by Crippen LogP contribution is 2.25. The number of anilines is 1. The molecule has 1 unspecified atom stereocenters. The lowest BCUT2D eigenvalue weighted by Crippen LogP contribution is -2.12. The number of halogens is 1. The van der Waals surface area contributed by atoms with Crippen molar-refractivity contribution in [3.63, 3.8) is 0 Å². The van der Waals surface area contributed by atoms with Gasteiger partial charge in [0.1, 0.15) is 0 Å². The largest absolute Gasteiger partial charge is 0.398 e. The highest BCUT2D eigenvalue weighted by atomic mass is 35.5. The summed E-state index contributed by atoms with van der Waals surface area (Å²) in [5.74, 6) is 0.0959. The molecule has 0 radical (unpaired) electrons. The van der Waals surface area contributed by atoms with Crippen molar-refractivity contribution in [3.05, 3.63) is 23.2 Å². The number of nitrogens with two attached hydrogens (primary N) is 1. The van der Waals surface area contributed by atoms with E-state index in [0.717, 1.165) is 25.9 Å². The molecule has 0 aliphatic carbocycles. The van der Waals surface area contributed by atoms with Crippen LogP contribution >= 0.6 is 11.6 Å². The van der Waals surface area contributed by atoms with Gasteiger partial charge in [-0.05, 0) is 43.9 Å². The average molecular weight is 304 g/mol. The maximum atomic E-state index is 12.2. The maximum absolute atomic E-state index is 12.2. The molecule has 0 aromatic heterocycles. The summed E-state index contributed by atoms with van der Waals surface area (Å²) in [4.78, 5) is 0.171. The van der Waals surface area contributed by atoms with E-state index in [0.29, 0.717) is 11.4 Å². The molecule has 1 aromatic carbocycles. The van der Waals surface area contributed by atoms with Crippen LogP contribution in [0.1, 0.15) is 25.7 Å². The second kappa shape index (κ2) is 6.11. The number of hydrogen-bond acceptors (Lipinski definition) is 4. The molecule has 0 amide bonds. The summed E-state index contributed by atoms with van der Waals surface area (Å²) in [6, 6.07) is 4.48. The molecule has 1 fully saturated rings. The van der Waals surface area contributed by atoms with Crippen LogP contribution in [0.5, 0.6) is 0 Å². The van der Waals surface area contributed by atoms with E-state index in [1.807, 2.05) is 0 Å². The van der Waals surface area contributed by atoms with E-state index < -0.39 is 9.84 Å². The Morgan fingerprint density at radius 2 is 2.21 bits per heavy atom. The lowest BCUT2D eigenvalue weighted by molar-refractivity contribution is 0.104. The predicted octanol–water partition coefficient (Wildman–Crippen LogP) is 2.66. The second-order valence-corrected chi connectivity index (χ2v) is 7.29. The third-order valence-corrected chi connectivity index (χ3v) is 5.37. The van der Waals surface area contributed by atoms with Gasteiger partial charge in [-0.25, -0.2) is 8.42 Å². The molecule has 0 bridgehead atoms. The molecule has 106 valence electrons. The highest BCUT2D eigenvalue weighted by Gasteiger charge is 2.20. The third-order valence-electron chi connectivity index (χ3n) is 3.27. The first-order chi connectivity index (χ1) is 8.99. The Kier molecular flexibility index (Phi) is 4.71. The first-order valence-electron chi connectivity index (χ1n) is 6.38. The Morgan fingerprint density at radius 3 is 2.84 bits per heavy atom. The van der Waals surface area contributed by atoms with Crippen molar-refractivity contribution in [1.29, 1.82) is 0 Å². The number of nitrogen functional groups attached to an aromatic ring is 1. The fourth-order valence-electron chi connectivity index (χ4n) is 2.29. The van der Waals surface area contributed by atoms with E-state index >= 15 is 0 Å². The minimum absolute atomic E-state index is 0.0959. The zero-order valence-electron chi connectivity index (χ0n) is 10.6. The zero-order valence-corrected chi connectivity index (χ0v) is 12.2. The predicted molar refractivity (Wildman–Crippen MR) is 76.1 cm³/mol. The van der Waals surface area contributed by atoms with Gasteiger partial charge < -0.3 is 10.5 Å². The van der Waals surface area contributed by atoms with Crippen molar-refractivity contribution < 1.29 is 13.2 Å². The van der Waals surface area contributed by atoms with Crippen molar-refractivity contribution in [3.8, 4) is 0 Å². The number of sulfone groups is 1. The van der Waals surface area contributed by atoms with Crippen molar-refractivity contribution in [2.45, 2.75) is 36.7 Å². The van der Waals surface area contributed by atoms with Gasteiger partial charge in [0.25, 0.3) is 0 Å². The number of hydrogen-bond donors (Lipinski definition) is 1. The highest BCUT2D eigenvalue weighted by molar-refractivity contribution is 7.91. The van der Waals surface area contributed by atoms with Crippen LogP contribution in [0.15, 0.2) is 23.1 Å². The minimum atomic E-state index is -3.34. The standard InChI is InChI=1S/C13H18ClNO3S/c14-10-5-6-13(12(15)9-10)19(16,17)8-2-4-11-3-1-7-18-11/h5-6,9,11H,1-4,7-8,15H2. The SMILES string of the molecule is Nc1cc(Cl)ccc1S(=O)(=O)CCCC1CCCO1. The van der Waals surface area contributed by atoms with Gasteiger partial charge in [-0.3, -0.25) is 0 Å². The van der Waals surface area contributed by atoms with Gasteiger partial charge in [-0.1, -0.05) is 11.6 Å². The van der Waals surface area contributed by atoms with E-state index in [2.05, 4.69) is 0 Å². The van der Waals surface area contributed by atoms with Crippen LogP contribution in [0.3, 0.4) is 0 Å². The lowest BCUT2D eigenvalue weighted by Gasteiger charge is -2.10. The van der Waals surface area contributed by atoms with Gasteiger partial charge in [-0.15, -0.1) is 0 Å². The summed E-state index contributed by atoms with van der Waals surface area (Å²) in [6.07, 6.45) is 3.70. The molecule has 0 spiro atoms. The van der Waals surface area contributed by atoms with Gasteiger partial charge in [0.15, 0.2) is 9.84 Å². The summed E-state index contributed by atoms with van der Waals surface area (Å²) >= 11 is 5.77. The molecular weight excluding hydrogens is 286 g/mol. The van der Waals surface area contributed by atoms with E-state index in [1.54, 1.807) is 6.07 Å². The molecule has 4 nitrogen and oxygen atoms in total. The Bertz CT molecular complexity index is 539. The maximum Gasteiger partial charge on any atom is 0.180 e. The first kappa shape index (κ1) is 14.6. The Hall–Kier alpha value is -0.780. The van der Waals surface area contributed by atoms with Crippen molar-refractivity contribution >= 4 is 27.1 Å². The lowest BCUT2D eigenvalue weighted by atomic mass is 10.1. The first-order valence-corrected chi connectivity index (χ1v) is 8.41. The van der Waals surface area contributed by atoms with Gasteiger partial charge in [0, 0.05) is 11.6 Å². The summed E-state index contributed by atoms with van der Waals surface area (Å²) in [6.45, 7) is 0.793. The summed E-state index contributed by atoms with van der Waals surface area (Å²) in [5.41, 5.74) is 5.93. The van der Waals surface area contributed by atoms with E-state index in [4.69, 9.17) is 22.1 Å². The molecule has 6 heteroatoms. The summed E-state index contributed by atoms with van der Waals surface area (Å²) < 4.78 is 29.8. The Balaban J connectivity index is 1.97. The fourth-order valence-corrected chi connectivity index (χ4v) is 3.93. The summed E-state index contributed by atoms with van der Waals surface area (Å²) in [7, 11) is -3.34. The second-order valence-electron chi connectivity index (χ2n) is 4.78. The minimum Gasteiger partial charge on any atom is -0.398 e. The van der Waals surface area contributed by atoms with Gasteiger partial charge in [-0.2, -0.15) is 0 Å².